The maximum Gasteiger partial charge on any atom is 0.270 e. The lowest BCUT2D eigenvalue weighted by Crippen LogP contribution is -2.54. The average molecular weight is 517 g/mol. The number of carbonyl (C=O) groups is 3. The van der Waals surface area contributed by atoms with Crippen LogP contribution in [0, 0.1) is 11.6 Å². The SMILES string of the molecule is O=C(Cn1cc(C=C2C(=O)NC(=S)N(c3ccccc3F)C2=O)c2ccccc21)Nc1ccc(F)cc1. The Labute approximate surface area is 215 Å². The molecule has 1 saturated heterocycles. The second-order valence-corrected chi connectivity index (χ2v) is 8.58. The quantitative estimate of drug-likeness (QED) is 0.234. The van der Waals surface area contributed by atoms with E-state index in [1.807, 2.05) is 0 Å². The summed E-state index contributed by atoms with van der Waals surface area (Å²) in [7, 11) is 0. The van der Waals surface area contributed by atoms with Crippen molar-refractivity contribution in [2.75, 3.05) is 10.2 Å². The number of para-hydroxylation sites is 2. The Kier molecular flexibility index (Phi) is 6.33. The van der Waals surface area contributed by atoms with E-state index in [9.17, 15) is 23.2 Å². The number of anilines is 2. The van der Waals surface area contributed by atoms with Crippen molar-refractivity contribution in [1.29, 1.82) is 0 Å². The number of hydrogen-bond acceptors (Lipinski definition) is 4. The van der Waals surface area contributed by atoms with E-state index in [0.29, 0.717) is 22.2 Å². The molecule has 1 aromatic heterocycles. The first-order chi connectivity index (χ1) is 17.8. The van der Waals surface area contributed by atoms with Crippen molar-refractivity contribution in [2.45, 2.75) is 6.54 Å². The van der Waals surface area contributed by atoms with Gasteiger partial charge in [0.2, 0.25) is 5.91 Å². The molecule has 2 heterocycles. The molecule has 1 aliphatic rings. The summed E-state index contributed by atoms with van der Waals surface area (Å²) in [6.07, 6.45) is 3.03. The summed E-state index contributed by atoms with van der Waals surface area (Å²) >= 11 is 5.14. The molecule has 0 bridgehead atoms. The van der Waals surface area contributed by atoms with Gasteiger partial charge in [0.15, 0.2) is 5.11 Å². The lowest BCUT2D eigenvalue weighted by molar-refractivity contribution is -0.122. The number of nitrogens with zero attached hydrogens (tertiary/aromatic N) is 2. The highest BCUT2D eigenvalue weighted by Gasteiger charge is 2.35. The minimum Gasteiger partial charge on any atom is -0.337 e. The monoisotopic (exact) mass is 516 g/mol. The molecule has 0 saturated carbocycles. The zero-order valence-electron chi connectivity index (χ0n) is 19.1. The maximum absolute atomic E-state index is 14.4. The second kappa shape index (κ2) is 9.75. The lowest BCUT2D eigenvalue weighted by atomic mass is 10.1. The largest absolute Gasteiger partial charge is 0.337 e. The molecule has 0 radical (unpaired) electrons. The van der Waals surface area contributed by atoms with Gasteiger partial charge in [-0.3, -0.25) is 19.7 Å². The van der Waals surface area contributed by atoms with Gasteiger partial charge >= 0.3 is 0 Å². The molecular formula is C27H18F2N4O3S. The van der Waals surface area contributed by atoms with E-state index in [1.165, 1.54) is 48.5 Å². The normalized spacial score (nSPS) is 14.8. The average Bonchev–Trinajstić information content (AvgIpc) is 3.21. The zero-order chi connectivity index (χ0) is 26.1. The molecule has 0 unspecified atom stereocenters. The van der Waals surface area contributed by atoms with E-state index in [1.54, 1.807) is 41.1 Å². The summed E-state index contributed by atoms with van der Waals surface area (Å²) in [5.41, 5.74) is 1.32. The first kappa shape index (κ1) is 24.0. The number of rotatable bonds is 5. The van der Waals surface area contributed by atoms with E-state index in [2.05, 4.69) is 10.6 Å². The number of amides is 3. The molecule has 5 rings (SSSR count). The van der Waals surface area contributed by atoms with Crippen LogP contribution in [0.2, 0.25) is 0 Å². The standard InChI is InChI=1S/C27H18F2N4O3S/c28-17-9-11-18(12-10-17)30-24(34)15-32-14-16(19-5-1-3-7-22(19)32)13-20-25(35)31-27(37)33(26(20)36)23-8-4-2-6-21(23)29/h1-14H,15H2,(H,30,34)(H,31,35,37). The molecule has 1 fully saturated rings. The highest BCUT2D eigenvalue weighted by molar-refractivity contribution is 7.80. The van der Waals surface area contributed by atoms with Crippen molar-refractivity contribution < 1.29 is 23.2 Å². The Bertz CT molecular complexity index is 1610. The van der Waals surface area contributed by atoms with Crippen LogP contribution in [-0.2, 0) is 20.9 Å². The van der Waals surface area contributed by atoms with Gasteiger partial charge in [-0.2, -0.15) is 0 Å². The number of halogens is 2. The third kappa shape index (κ3) is 4.74. The van der Waals surface area contributed by atoms with Crippen LogP contribution in [0.25, 0.3) is 17.0 Å². The first-order valence-electron chi connectivity index (χ1n) is 11.1. The van der Waals surface area contributed by atoms with Gasteiger partial charge in [-0.05, 0) is 60.8 Å². The Hall–Kier alpha value is -4.70. The number of fused-ring (bicyclic) bond motifs is 1. The van der Waals surface area contributed by atoms with Gasteiger partial charge in [-0.15, -0.1) is 0 Å². The summed E-state index contributed by atoms with van der Waals surface area (Å²) in [5, 5.41) is 5.61. The van der Waals surface area contributed by atoms with Gasteiger partial charge < -0.3 is 9.88 Å². The number of nitrogens with one attached hydrogen (secondary N) is 2. The lowest BCUT2D eigenvalue weighted by Gasteiger charge is -2.29. The number of hydrogen-bond donors (Lipinski definition) is 2. The predicted molar refractivity (Wildman–Crippen MR) is 140 cm³/mol. The van der Waals surface area contributed by atoms with Gasteiger partial charge in [0, 0.05) is 28.4 Å². The fraction of sp³-hybridized carbons (Fsp3) is 0.0370. The van der Waals surface area contributed by atoms with Crippen LogP contribution in [0.4, 0.5) is 20.2 Å². The van der Waals surface area contributed by atoms with Gasteiger partial charge in [0.1, 0.15) is 23.8 Å². The molecule has 37 heavy (non-hydrogen) atoms. The Morgan fingerprint density at radius 3 is 2.43 bits per heavy atom. The molecule has 184 valence electrons. The molecule has 4 aromatic rings. The fourth-order valence-electron chi connectivity index (χ4n) is 4.07. The van der Waals surface area contributed by atoms with Gasteiger partial charge in [0.25, 0.3) is 11.8 Å². The Morgan fingerprint density at radius 2 is 1.68 bits per heavy atom. The van der Waals surface area contributed by atoms with Gasteiger partial charge in [-0.1, -0.05) is 30.3 Å². The highest BCUT2D eigenvalue weighted by Crippen LogP contribution is 2.28. The van der Waals surface area contributed by atoms with Crippen molar-refractivity contribution in [3.05, 3.63) is 102 Å². The number of aromatic nitrogens is 1. The molecule has 7 nitrogen and oxygen atoms in total. The third-order valence-electron chi connectivity index (χ3n) is 5.76. The minimum absolute atomic E-state index is 0.0767. The van der Waals surface area contributed by atoms with Crippen LogP contribution in [0.5, 0.6) is 0 Å². The molecule has 0 spiro atoms. The summed E-state index contributed by atoms with van der Waals surface area (Å²) < 4.78 is 29.3. The molecular weight excluding hydrogens is 498 g/mol. The summed E-state index contributed by atoms with van der Waals surface area (Å²) in [5.74, 6) is -2.92. The summed E-state index contributed by atoms with van der Waals surface area (Å²) in [6.45, 7) is -0.0767. The van der Waals surface area contributed by atoms with E-state index >= 15 is 0 Å². The molecule has 0 aliphatic carbocycles. The predicted octanol–water partition coefficient (Wildman–Crippen LogP) is 4.39. The maximum atomic E-state index is 14.4. The van der Waals surface area contributed by atoms with Crippen LogP contribution in [-0.4, -0.2) is 27.4 Å². The van der Waals surface area contributed by atoms with Crippen LogP contribution in [0.3, 0.4) is 0 Å². The smallest absolute Gasteiger partial charge is 0.270 e. The fourth-order valence-corrected chi connectivity index (χ4v) is 4.35. The highest BCUT2D eigenvalue weighted by atomic mass is 32.1. The van der Waals surface area contributed by atoms with Crippen molar-refractivity contribution in [1.82, 2.24) is 9.88 Å². The summed E-state index contributed by atoms with van der Waals surface area (Å²) in [6, 6.07) is 18.2. The molecule has 3 aromatic carbocycles. The van der Waals surface area contributed by atoms with Crippen molar-refractivity contribution in [3.8, 4) is 0 Å². The third-order valence-corrected chi connectivity index (χ3v) is 6.04. The van der Waals surface area contributed by atoms with Crippen LogP contribution in [0.15, 0.2) is 84.6 Å². The number of thiocarbonyl (C=S) groups is 1. The van der Waals surface area contributed by atoms with Crippen LogP contribution < -0.4 is 15.5 Å². The molecule has 10 heteroatoms. The van der Waals surface area contributed by atoms with Crippen molar-refractivity contribution >= 4 is 63.4 Å². The topological polar surface area (TPSA) is 83.4 Å². The van der Waals surface area contributed by atoms with E-state index in [4.69, 9.17) is 12.2 Å². The molecule has 2 N–H and O–H groups in total. The van der Waals surface area contributed by atoms with Crippen molar-refractivity contribution in [3.63, 3.8) is 0 Å². The zero-order valence-corrected chi connectivity index (χ0v) is 19.9. The van der Waals surface area contributed by atoms with Gasteiger partial charge in [0.05, 0.1) is 5.69 Å². The second-order valence-electron chi connectivity index (χ2n) is 8.19. The van der Waals surface area contributed by atoms with E-state index < -0.39 is 23.4 Å². The molecule has 0 atom stereocenters. The Balaban J connectivity index is 1.49. The Morgan fingerprint density at radius 1 is 0.973 bits per heavy atom. The molecule has 3 amide bonds. The summed E-state index contributed by atoms with van der Waals surface area (Å²) in [4.78, 5) is 39.6. The number of benzene rings is 3. The van der Waals surface area contributed by atoms with Crippen LogP contribution in [0.1, 0.15) is 5.56 Å². The first-order valence-corrected chi connectivity index (χ1v) is 11.5. The van der Waals surface area contributed by atoms with Crippen LogP contribution >= 0.6 is 12.2 Å². The van der Waals surface area contributed by atoms with E-state index in [-0.39, 0.29) is 28.8 Å². The number of carbonyl (C=O) groups excluding carboxylic acids is 3. The minimum atomic E-state index is -0.773. The molecule has 1 aliphatic heterocycles. The van der Waals surface area contributed by atoms with E-state index in [0.717, 1.165) is 4.90 Å². The van der Waals surface area contributed by atoms with Gasteiger partial charge in [-0.25, -0.2) is 13.7 Å². The van der Waals surface area contributed by atoms with Crippen molar-refractivity contribution in [2.24, 2.45) is 0 Å².